The molecule has 106 valence electrons. The van der Waals surface area contributed by atoms with Crippen LogP contribution in [0.3, 0.4) is 0 Å². The molecule has 4 nitrogen and oxygen atoms in total. The van der Waals surface area contributed by atoms with Crippen LogP contribution < -0.4 is 22.5 Å². The van der Waals surface area contributed by atoms with Crippen molar-refractivity contribution in [1.82, 2.24) is 9.97 Å². The molecule has 2 aromatic rings. The van der Waals surface area contributed by atoms with E-state index in [0.29, 0.717) is 16.4 Å². The molecule has 2 rings (SSSR count). The van der Waals surface area contributed by atoms with Gasteiger partial charge in [0.15, 0.2) is 10.9 Å². The van der Waals surface area contributed by atoms with Crippen molar-refractivity contribution in [2.24, 2.45) is 0 Å². The number of rotatable bonds is 4. The van der Waals surface area contributed by atoms with Gasteiger partial charge in [0.05, 0.1) is 5.75 Å². The van der Waals surface area contributed by atoms with Gasteiger partial charge in [0.25, 0.3) is 5.56 Å². The Balaban J connectivity index is 0.00000200. The number of hydrogen-bond donors (Lipinski definition) is 1. The highest BCUT2D eigenvalue weighted by Crippen LogP contribution is 2.16. The molecule has 0 fully saturated rings. The lowest BCUT2D eigenvalue weighted by atomic mass is 10.2. The summed E-state index contributed by atoms with van der Waals surface area (Å²) in [5, 5.41) is 0.468. The van der Waals surface area contributed by atoms with E-state index in [1.165, 1.54) is 17.8 Å². The van der Waals surface area contributed by atoms with Crippen molar-refractivity contribution in [2.45, 2.75) is 12.1 Å². The van der Waals surface area contributed by atoms with Crippen LogP contribution in [0.15, 0.2) is 44.8 Å². The summed E-state index contributed by atoms with van der Waals surface area (Å²) < 4.78 is 0.932. The molecule has 0 aliphatic heterocycles. The zero-order valence-electron chi connectivity index (χ0n) is 10.5. The van der Waals surface area contributed by atoms with Gasteiger partial charge in [-0.05, 0) is 19.1 Å². The van der Waals surface area contributed by atoms with E-state index in [1.807, 2.05) is 12.1 Å². The zero-order valence-corrected chi connectivity index (χ0v) is 14.5. The summed E-state index contributed by atoms with van der Waals surface area (Å²) >= 11 is 4.55. The molecule has 0 atom stereocenters. The number of aromatic nitrogens is 2. The van der Waals surface area contributed by atoms with Crippen molar-refractivity contribution < 1.29 is 21.8 Å². The van der Waals surface area contributed by atoms with E-state index in [2.05, 4.69) is 25.9 Å². The Morgan fingerprint density at radius 2 is 2.00 bits per heavy atom. The van der Waals surface area contributed by atoms with Gasteiger partial charge >= 0.3 is 0 Å². The number of thioether (sulfide) groups is 1. The number of ketones is 1. The monoisotopic (exact) mass is 417 g/mol. The molecule has 0 saturated heterocycles. The summed E-state index contributed by atoms with van der Waals surface area (Å²) in [7, 11) is 0. The third-order valence-corrected chi connectivity index (χ3v) is 3.76. The van der Waals surface area contributed by atoms with Crippen LogP contribution in [-0.2, 0) is 0 Å². The van der Waals surface area contributed by atoms with Gasteiger partial charge in [-0.2, -0.15) is 0 Å². The Hall–Kier alpha value is -0.920. The van der Waals surface area contributed by atoms with Crippen LogP contribution in [0.5, 0.6) is 0 Å². The zero-order chi connectivity index (χ0) is 13.8. The minimum Gasteiger partial charge on any atom is -1.00 e. The van der Waals surface area contributed by atoms with Gasteiger partial charge < -0.3 is 22.0 Å². The second kappa shape index (κ2) is 7.75. The number of aromatic amines is 1. The van der Waals surface area contributed by atoms with Crippen molar-refractivity contribution in [2.75, 3.05) is 5.75 Å². The Kier molecular flexibility index (Phi) is 6.64. The maximum atomic E-state index is 11.9. The average Bonchev–Trinajstić information content (AvgIpc) is 2.36. The van der Waals surface area contributed by atoms with E-state index in [9.17, 15) is 9.59 Å². The van der Waals surface area contributed by atoms with Crippen LogP contribution >= 0.6 is 27.7 Å². The van der Waals surface area contributed by atoms with Crippen molar-refractivity contribution >= 4 is 33.5 Å². The number of nitrogens with zero attached hydrogens (tertiary/aromatic N) is 1. The third-order valence-electron chi connectivity index (χ3n) is 2.35. The molecule has 1 N–H and O–H groups in total. The van der Waals surface area contributed by atoms with E-state index >= 15 is 0 Å². The molecular formula is C13H11Br2N2O2S-. The molecule has 0 saturated carbocycles. The predicted octanol–water partition coefficient (Wildman–Crippen LogP) is -0.180. The van der Waals surface area contributed by atoms with Crippen LogP contribution in [0.25, 0.3) is 0 Å². The average molecular weight is 419 g/mol. The molecule has 0 unspecified atom stereocenters. The Morgan fingerprint density at radius 1 is 1.35 bits per heavy atom. The van der Waals surface area contributed by atoms with Crippen molar-refractivity contribution in [3.8, 4) is 0 Å². The molecule has 0 amide bonds. The number of carbonyl (C=O) groups is 1. The van der Waals surface area contributed by atoms with Gasteiger partial charge in [-0.15, -0.1) is 0 Å². The molecule has 1 heterocycles. The number of hydrogen-bond acceptors (Lipinski definition) is 4. The standard InChI is InChI=1S/C13H11BrN2O2S.BrH/c1-8-6-12(18)16-13(15-8)19-7-11(17)9-2-4-10(14)5-3-9;/h2-6H,7H2,1H3,(H,15,16,18);1H/p-1. The summed E-state index contributed by atoms with van der Waals surface area (Å²) in [4.78, 5) is 30.0. The van der Waals surface area contributed by atoms with Gasteiger partial charge in [-0.3, -0.25) is 9.59 Å². The SMILES string of the molecule is Cc1cc(=O)[nH]c(SCC(=O)c2ccc(Br)cc2)n1.[Br-]. The number of nitrogens with one attached hydrogen (secondary N) is 1. The molecule has 0 aliphatic carbocycles. The fourth-order valence-corrected chi connectivity index (χ4v) is 2.55. The number of halogens is 2. The molecule has 0 aliphatic rings. The number of Topliss-reactive ketones (excluding diaryl/α,β-unsaturated/α-hetero) is 1. The second-order valence-corrected chi connectivity index (χ2v) is 5.79. The molecule has 20 heavy (non-hydrogen) atoms. The van der Waals surface area contributed by atoms with Gasteiger partial charge in [0.1, 0.15) is 0 Å². The van der Waals surface area contributed by atoms with Crippen LogP contribution in [0.4, 0.5) is 0 Å². The molecule has 1 aromatic heterocycles. The van der Waals surface area contributed by atoms with E-state index in [4.69, 9.17) is 0 Å². The lowest BCUT2D eigenvalue weighted by Gasteiger charge is -2.02. The van der Waals surface area contributed by atoms with Gasteiger partial charge in [0, 0.05) is 21.8 Å². The first-order valence-corrected chi connectivity index (χ1v) is 7.32. The largest absolute Gasteiger partial charge is 1.00 e. The van der Waals surface area contributed by atoms with Crippen LogP contribution in [0.2, 0.25) is 0 Å². The van der Waals surface area contributed by atoms with Crippen LogP contribution in [0.1, 0.15) is 16.1 Å². The summed E-state index contributed by atoms with van der Waals surface area (Å²) in [6.07, 6.45) is 0. The van der Waals surface area contributed by atoms with E-state index < -0.39 is 0 Å². The minimum absolute atomic E-state index is 0. The van der Waals surface area contributed by atoms with Crippen LogP contribution in [0, 0.1) is 6.92 Å². The third kappa shape index (κ3) is 4.88. The highest BCUT2D eigenvalue weighted by Gasteiger charge is 2.08. The summed E-state index contributed by atoms with van der Waals surface area (Å²) in [6.45, 7) is 1.75. The van der Waals surface area contributed by atoms with E-state index in [-0.39, 0.29) is 34.1 Å². The Morgan fingerprint density at radius 3 is 2.60 bits per heavy atom. The molecule has 0 bridgehead atoms. The van der Waals surface area contributed by atoms with Crippen molar-refractivity contribution in [1.29, 1.82) is 0 Å². The van der Waals surface area contributed by atoms with Crippen molar-refractivity contribution in [3.63, 3.8) is 0 Å². The fourth-order valence-electron chi connectivity index (χ4n) is 1.47. The maximum absolute atomic E-state index is 11.9. The van der Waals surface area contributed by atoms with Gasteiger partial charge in [0.2, 0.25) is 0 Å². The smallest absolute Gasteiger partial charge is 0.251 e. The lowest BCUT2D eigenvalue weighted by molar-refractivity contribution is -0.0000117. The lowest BCUT2D eigenvalue weighted by Crippen LogP contribution is -3.00. The van der Waals surface area contributed by atoms with Crippen LogP contribution in [-0.4, -0.2) is 21.5 Å². The van der Waals surface area contributed by atoms with Gasteiger partial charge in [-0.25, -0.2) is 4.98 Å². The second-order valence-electron chi connectivity index (χ2n) is 3.91. The number of aryl methyl sites for hydroxylation is 1. The van der Waals surface area contributed by atoms with E-state index in [0.717, 1.165) is 4.47 Å². The first-order chi connectivity index (χ1) is 9.04. The molecule has 0 radical (unpaired) electrons. The summed E-state index contributed by atoms with van der Waals surface area (Å²) in [5.41, 5.74) is 1.08. The van der Waals surface area contributed by atoms with Gasteiger partial charge in [-0.1, -0.05) is 39.8 Å². The number of carbonyl (C=O) groups excluding carboxylic acids is 1. The first-order valence-electron chi connectivity index (χ1n) is 5.54. The fraction of sp³-hybridized carbons (Fsp3) is 0.154. The predicted molar refractivity (Wildman–Crippen MR) is 78.8 cm³/mol. The normalized spacial score (nSPS) is 9.90. The summed E-state index contributed by atoms with van der Waals surface area (Å²) in [5.74, 6) is 0.246. The summed E-state index contributed by atoms with van der Waals surface area (Å²) in [6, 6.07) is 8.59. The maximum Gasteiger partial charge on any atom is 0.251 e. The first kappa shape index (κ1) is 17.1. The Labute approximate surface area is 139 Å². The molecule has 1 aromatic carbocycles. The molecule has 0 spiro atoms. The molecular weight excluding hydrogens is 408 g/mol. The molecule has 7 heteroatoms. The minimum atomic E-state index is -0.203. The Bertz CT molecular complexity index is 656. The number of benzene rings is 1. The number of H-pyrrole nitrogens is 1. The van der Waals surface area contributed by atoms with E-state index in [1.54, 1.807) is 19.1 Å². The highest BCUT2D eigenvalue weighted by atomic mass is 79.9. The quantitative estimate of drug-likeness (QED) is 0.425. The van der Waals surface area contributed by atoms with Crippen molar-refractivity contribution in [3.05, 3.63) is 56.4 Å². The topological polar surface area (TPSA) is 62.8 Å². The highest BCUT2D eigenvalue weighted by molar-refractivity contribution is 9.10.